The smallest absolute Gasteiger partial charge is 0.265 e. The molecule has 2 unspecified atom stereocenters. The molecule has 1 N–H and O–H groups in total. The van der Waals surface area contributed by atoms with Crippen molar-refractivity contribution in [2.75, 3.05) is 13.1 Å². The van der Waals surface area contributed by atoms with Gasteiger partial charge >= 0.3 is 0 Å². The molecule has 1 nitrogen and oxygen atoms in total. The first-order valence-corrected chi connectivity index (χ1v) is 4.74. The minimum absolute atomic E-state index is 0.107. The van der Waals surface area contributed by atoms with Crippen LogP contribution in [0.1, 0.15) is 19.8 Å². The Morgan fingerprint density at radius 1 is 1.58 bits per heavy atom. The molecule has 1 aliphatic rings. The van der Waals surface area contributed by atoms with Crippen LogP contribution < -0.4 is 5.32 Å². The molecular weight excluding hydrogens is 184 g/mol. The summed E-state index contributed by atoms with van der Waals surface area (Å²) in [7, 11) is 0. The minimum Gasteiger partial charge on any atom is -0.316 e. The molecule has 0 aromatic heterocycles. The Balaban J connectivity index is 2.66. The van der Waals surface area contributed by atoms with Gasteiger partial charge in [0.25, 0.3) is 5.92 Å². The summed E-state index contributed by atoms with van der Waals surface area (Å²) in [5, 5.41) is 1.97. The van der Waals surface area contributed by atoms with E-state index in [1.165, 1.54) is 0 Å². The average molecular weight is 198 g/mol. The first-order chi connectivity index (χ1) is 5.58. The zero-order chi connectivity index (χ0) is 9.19. The second kappa shape index (κ2) is 3.88. The zero-order valence-corrected chi connectivity index (χ0v) is 7.87. The molecule has 1 heterocycles. The van der Waals surface area contributed by atoms with E-state index in [2.05, 4.69) is 5.32 Å². The topological polar surface area (TPSA) is 12.0 Å². The maximum atomic E-state index is 13.1. The second-order valence-electron chi connectivity index (χ2n) is 3.29. The molecule has 0 aromatic carbocycles. The molecule has 0 amide bonds. The van der Waals surface area contributed by atoms with Crippen molar-refractivity contribution in [1.82, 2.24) is 5.32 Å². The maximum Gasteiger partial charge on any atom is 0.265 e. The van der Waals surface area contributed by atoms with Crippen molar-refractivity contribution >= 4 is 11.6 Å². The lowest BCUT2D eigenvalue weighted by atomic mass is 9.98. The van der Waals surface area contributed by atoms with E-state index in [9.17, 15) is 8.78 Å². The molecule has 0 aliphatic carbocycles. The fourth-order valence-electron chi connectivity index (χ4n) is 1.48. The average Bonchev–Trinajstić information content (AvgIpc) is 2.14. The number of hydrogen-bond donors (Lipinski definition) is 1. The van der Waals surface area contributed by atoms with E-state index in [0.717, 1.165) is 0 Å². The third-order valence-corrected chi connectivity index (χ3v) is 3.06. The Labute approximate surface area is 76.5 Å². The largest absolute Gasteiger partial charge is 0.316 e. The van der Waals surface area contributed by atoms with Crippen LogP contribution in [0.5, 0.6) is 0 Å². The van der Waals surface area contributed by atoms with E-state index in [-0.39, 0.29) is 12.3 Å². The molecule has 1 fully saturated rings. The lowest BCUT2D eigenvalue weighted by Crippen LogP contribution is -2.35. The van der Waals surface area contributed by atoms with Crippen molar-refractivity contribution < 1.29 is 8.78 Å². The van der Waals surface area contributed by atoms with Crippen LogP contribution in [0.25, 0.3) is 0 Å². The Morgan fingerprint density at radius 2 is 2.25 bits per heavy atom. The molecule has 0 aromatic rings. The van der Waals surface area contributed by atoms with Gasteiger partial charge in [0.1, 0.15) is 5.38 Å². The van der Waals surface area contributed by atoms with Gasteiger partial charge in [-0.15, -0.1) is 11.6 Å². The quantitative estimate of drug-likeness (QED) is 0.636. The van der Waals surface area contributed by atoms with Gasteiger partial charge in [0.05, 0.1) is 0 Å². The molecule has 12 heavy (non-hydrogen) atoms. The highest BCUT2D eigenvalue weighted by Gasteiger charge is 2.43. The number of rotatable bonds is 1. The summed E-state index contributed by atoms with van der Waals surface area (Å²) < 4.78 is 26.2. The predicted octanol–water partition coefficient (Wildman–Crippen LogP) is 2.25. The molecule has 72 valence electrons. The van der Waals surface area contributed by atoms with E-state index in [4.69, 9.17) is 11.6 Å². The van der Waals surface area contributed by atoms with Crippen LogP contribution in [0.3, 0.4) is 0 Å². The monoisotopic (exact) mass is 197 g/mol. The van der Waals surface area contributed by atoms with Gasteiger partial charge in [0, 0.05) is 13.0 Å². The summed E-state index contributed by atoms with van der Waals surface area (Å²) in [5.74, 6) is -2.81. The lowest BCUT2D eigenvalue weighted by molar-refractivity contribution is -0.0172. The number of alkyl halides is 3. The van der Waals surface area contributed by atoms with E-state index in [0.29, 0.717) is 19.5 Å². The van der Waals surface area contributed by atoms with Gasteiger partial charge in [-0.05, 0) is 12.5 Å². The third-order valence-electron chi connectivity index (χ3n) is 2.38. The highest BCUT2D eigenvalue weighted by molar-refractivity contribution is 6.21. The highest BCUT2D eigenvalue weighted by Crippen LogP contribution is 2.34. The van der Waals surface area contributed by atoms with Crippen LogP contribution in [0.4, 0.5) is 8.78 Å². The first-order valence-electron chi connectivity index (χ1n) is 4.30. The molecule has 0 spiro atoms. The van der Waals surface area contributed by atoms with Gasteiger partial charge in [-0.2, -0.15) is 0 Å². The van der Waals surface area contributed by atoms with Crippen LogP contribution in [0.15, 0.2) is 0 Å². The van der Waals surface area contributed by atoms with E-state index >= 15 is 0 Å². The van der Waals surface area contributed by atoms with Crippen molar-refractivity contribution in [2.45, 2.75) is 31.1 Å². The number of nitrogens with one attached hydrogen (secondary N) is 1. The number of halogens is 3. The molecule has 2 atom stereocenters. The van der Waals surface area contributed by atoms with Gasteiger partial charge in [-0.25, -0.2) is 8.78 Å². The van der Waals surface area contributed by atoms with Crippen molar-refractivity contribution in [2.24, 2.45) is 5.92 Å². The molecule has 4 heteroatoms. The summed E-state index contributed by atoms with van der Waals surface area (Å²) in [6, 6.07) is 0. The minimum atomic E-state index is -2.70. The standard InChI is InChI=1S/C8H14ClF2N/c1-2-6-5-12-4-3-8(10,11)7(6)9/h6-7,12H,2-5H2,1H3. The molecule has 1 saturated heterocycles. The third kappa shape index (κ3) is 2.07. The molecule has 1 aliphatic heterocycles. The van der Waals surface area contributed by atoms with Crippen molar-refractivity contribution in [1.29, 1.82) is 0 Å². The summed E-state index contributed by atoms with van der Waals surface area (Å²) in [6.45, 7) is 2.87. The van der Waals surface area contributed by atoms with E-state index < -0.39 is 11.3 Å². The summed E-state index contributed by atoms with van der Waals surface area (Å²) >= 11 is 5.69. The first kappa shape index (κ1) is 10.2. The number of hydrogen-bond acceptors (Lipinski definition) is 1. The van der Waals surface area contributed by atoms with Gasteiger partial charge in [0.15, 0.2) is 0 Å². The summed E-state index contributed by atoms with van der Waals surface area (Å²) in [5.41, 5.74) is 0. The zero-order valence-electron chi connectivity index (χ0n) is 7.12. The van der Waals surface area contributed by atoms with Crippen molar-refractivity contribution in [3.05, 3.63) is 0 Å². The SMILES string of the molecule is CCC1CNCCC(F)(F)C1Cl. The van der Waals surface area contributed by atoms with E-state index in [1.54, 1.807) is 0 Å². The van der Waals surface area contributed by atoms with Gasteiger partial charge < -0.3 is 5.32 Å². The van der Waals surface area contributed by atoms with Gasteiger partial charge in [-0.1, -0.05) is 13.3 Å². The van der Waals surface area contributed by atoms with Crippen LogP contribution >= 0.6 is 11.6 Å². The van der Waals surface area contributed by atoms with Crippen LogP contribution in [-0.2, 0) is 0 Å². The van der Waals surface area contributed by atoms with Crippen LogP contribution in [-0.4, -0.2) is 24.4 Å². The maximum absolute atomic E-state index is 13.1. The van der Waals surface area contributed by atoms with Crippen molar-refractivity contribution in [3.63, 3.8) is 0 Å². The second-order valence-corrected chi connectivity index (χ2v) is 3.76. The fourth-order valence-corrected chi connectivity index (χ4v) is 1.86. The van der Waals surface area contributed by atoms with Crippen LogP contribution in [0, 0.1) is 5.92 Å². The molecule has 0 radical (unpaired) electrons. The molecule has 0 saturated carbocycles. The Hall–Kier alpha value is 0.110. The lowest BCUT2D eigenvalue weighted by Gasteiger charge is -2.24. The van der Waals surface area contributed by atoms with Crippen molar-refractivity contribution in [3.8, 4) is 0 Å². The van der Waals surface area contributed by atoms with Gasteiger partial charge in [-0.3, -0.25) is 0 Å². The Kier molecular flexibility index (Phi) is 3.29. The molecule has 1 rings (SSSR count). The Morgan fingerprint density at radius 3 is 2.83 bits per heavy atom. The fraction of sp³-hybridized carbons (Fsp3) is 1.00. The molecule has 0 bridgehead atoms. The van der Waals surface area contributed by atoms with Crippen LogP contribution in [0.2, 0.25) is 0 Å². The summed E-state index contributed by atoms with van der Waals surface area (Å²) in [6.07, 6.45) is 0.564. The highest BCUT2D eigenvalue weighted by atomic mass is 35.5. The normalized spacial score (nSPS) is 36.0. The molecular formula is C8H14ClF2N. The Bertz CT molecular complexity index is 152. The van der Waals surface area contributed by atoms with Gasteiger partial charge in [0.2, 0.25) is 0 Å². The predicted molar refractivity (Wildman–Crippen MR) is 45.9 cm³/mol. The summed E-state index contributed by atoms with van der Waals surface area (Å²) in [4.78, 5) is 0. The van der Waals surface area contributed by atoms with E-state index in [1.807, 2.05) is 6.92 Å².